The summed E-state index contributed by atoms with van der Waals surface area (Å²) in [6, 6.07) is 13.8. The number of ether oxygens (including phenoxy) is 2. The summed E-state index contributed by atoms with van der Waals surface area (Å²) in [5.41, 5.74) is 0.346. The highest BCUT2D eigenvalue weighted by Gasteiger charge is 2.34. The quantitative estimate of drug-likeness (QED) is 0.509. The number of methoxy groups -OCH3 is 1. The summed E-state index contributed by atoms with van der Waals surface area (Å²) in [6.07, 6.45) is -4.43. The van der Waals surface area contributed by atoms with Gasteiger partial charge in [0, 0.05) is 18.1 Å². The lowest BCUT2D eigenvalue weighted by Crippen LogP contribution is -2.38. The molecule has 1 aliphatic rings. The van der Waals surface area contributed by atoms with Crippen LogP contribution in [0.3, 0.4) is 0 Å². The van der Waals surface area contributed by atoms with Crippen molar-refractivity contribution in [1.29, 1.82) is 0 Å². The van der Waals surface area contributed by atoms with Gasteiger partial charge in [0.05, 0.1) is 35.5 Å². The molecule has 2 aromatic carbocycles. The number of benzene rings is 2. The van der Waals surface area contributed by atoms with Crippen molar-refractivity contribution < 1.29 is 41.0 Å². The summed E-state index contributed by atoms with van der Waals surface area (Å²) in [5, 5.41) is 7.72. The molecular weight excluding hydrogens is 501 g/mol. The summed E-state index contributed by atoms with van der Waals surface area (Å²) in [6.45, 7) is 1.63. The Morgan fingerprint density at radius 2 is 1.83 bits per heavy atom. The van der Waals surface area contributed by atoms with Crippen LogP contribution in [0.15, 0.2) is 65.6 Å². The molecule has 2 heterocycles. The molecule has 36 heavy (non-hydrogen) atoms. The number of anilines is 1. The van der Waals surface area contributed by atoms with Crippen LogP contribution in [0.2, 0.25) is 0 Å². The molecule has 4 rings (SSSR count). The first-order chi connectivity index (χ1) is 17.0. The zero-order chi connectivity index (χ0) is 26.5. The predicted octanol–water partition coefficient (Wildman–Crippen LogP) is 4.84. The van der Waals surface area contributed by atoms with Gasteiger partial charge < -0.3 is 14.6 Å². The summed E-state index contributed by atoms with van der Waals surface area (Å²) >= 11 is 0. The topological polar surface area (TPSA) is 106 Å². The smallest absolute Gasteiger partial charge is 0.416 e. The van der Waals surface area contributed by atoms with Crippen LogP contribution < -0.4 is 13.8 Å². The summed E-state index contributed by atoms with van der Waals surface area (Å²) < 4.78 is 77.5. The van der Waals surface area contributed by atoms with E-state index in [0.717, 1.165) is 22.5 Å². The van der Waals surface area contributed by atoms with Crippen LogP contribution in [0.25, 0.3) is 11.3 Å². The molecule has 0 spiro atoms. The van der Waals surface area contributed by atoms with Crippen LogP contribution in [-0.2, 0) is 21.0 Å². The first-order valence-corrected chi connectivity index (χ1v) is 12.1. The van der Waals surface area contributed by atoms with E-state index in [-0.39, 0.29) is 25.3 Å². The average Bonchev–Trinajstić information content (AvgIpc) is 2.88. The van der Waals surface area contributed by atoms with Crippen molar-refractivity contribution >= 4 is 21.7 Å². The van der Waals surface area contributed by atoms with Crippen LogP contribution in [0, 0.1) is 0 Å². The molecule has 0 saturated carbocycles. The van der Waals surface area contributed by atoms with Crippen LogP contribution in [0.4, 0.5) is 18.9 Å². The Bertz CT molecular complexity index is 1350. The molecule has 0 saturated heterocycles. The first kappa shape index (κ1) is 26.8. The zero-order valence-corrected chi connectivity index (χ0v) is 20.1. The highest BCUT2D eigenvalue weighted by atomic mass is 32.2. The maximum absolute atomic E-state index is 13.2. The minimum Gasteiger partial charge on any atom is -0.489 e. The molecule has 0 aliphatic carbocycles. The van der Waals surface area contributed by atoms with E-state index in [1.807, 2.05) is 0 Å². The predicted molar refractivity (Wildman–Crippen MR) is 126 cm³/mol. The number of hydrogen-bond acceptors (Lipinski definition) is 6. The van der Waals surface area contributed by atoms with E-state index < -0.39 is 32.6 Å². The van der Waals surface area contributed by atoms with Gasteiger partial charge in [0.2, 0.25) is 5.88 Å². The molecule has 0 unspecified atom stereocenters. The lowest BCUT2D eigenvalue weighted by Gasteiger charge is -2.31. The number of fused-ring (bicyclic) bond motifs is 1. The van der Waals surface area contributed by atoms with Gasteiger partial charge >= 0.3 is 12.1 Å². The molecular formula is C24H23F3N2O6S. The summed E-state index contributed by atoms with van der Waals surface area (Å²) in [5.74, 6) is -0.0432. The van der Waals surface area contributed by atoms with Crippen LogP contribution in [0.1, 0.15) is 18.9 Å². The van der Waals surface area contributed by atoms with Crippen molar-refractivity contribution in [3.8, 4) is 22.9 Å². The fourth-order valence-corrected chi connectivity index (χ4v) is 4.75. The third-order valence-electron chi connectivity index (χ3n) is 5.06. The average molecular weight is 525 g/mol. The fourth-order valence-electron chi connectivity index (χ4n) is 3.25. The molecule has 12 heteroatoms. The molecule has 0 atom stereocenters. The van der Waals surface area contributed by atoms with Crippen molar-refractivity contribution in [3.05, 3.63) is 66.2 Å². The first-order valence-electron chi connectivity index (χ1n) is 10.7. The molecule has 1 aromatic heterocycles. The van der Waals surface area contributed by atoms with Gasteiger partial charge in [-0.2, -0.15) is 13.2 Å². The molecule has 1 aliphatic heterocycles. The van der Waals surface area contributed by atoms with Gasteiger partial charge in [-0.3, -0.25) is 9.10 Å². The van der Waals surface area contributed by atoms with E-state index in [9.17, 15) is 26.4 Å². The van der Waals surface area contributed by atoms with Crippen molar-refractivity contribution in [2.45, 2.75) is 24.4 Å². The molecule has 0 bridgehead atoms. The Kier molecular flexibility index (Phi) is 8.08. The van der Waals surface area contributed by atoms with Crippen molar-refractivity contribution in [2.75, 3.05) is 24.6 Å². The molecule has 192 valence electrons. The van der Waals surface area contributed by atoms with E-state index in [4.69, 9.17) is 14.6 Å². The number of hydrogen-bond donors (Lipinski definition) is 1. The number of carboxylic acid groups (broad SMARTS) is 1. The van der Waals surface area contributed by atoms with Gasteiger partial charge in [-0.1, -0.05) is 19.1 Å². The largest absolute Gasteiger partial charge is 0.489 e. The van der Waals surface area contributed by atoms with Crippen LogP contribution in [0.5, 0.6) is 11.6 Å². The van der Waals surface area contributed by atoms with Gasteiger partial charge in [-0.15, -0.1) is 0 Å². The van der Waals surface area contributed by atoms with Crippen molar-refractivity contribution in [3.63, 3.8) is 0 Å². The lowest BCUT2D eigenvalue weighted by molar-refractivity contribution is -0.138. The summed E-state index contributed by atoms with van der Waals surface area (Å²) in [7, 11) is -2.78. The number of carboxylic acids is 1. The monoisotopic (exact) mass is 524 g/mol. The Hall–Kier alpha value is -3.80. The third-order valence-corrected chi connectivity index (χ3v) is 6.87. The zero-order valence-electron chi connectivity index (χ0n) is 19.3. The minimum absolute atomic E-state index is 0.0411. The van der Waals surface area contributed by atoms with E-state index >= 15 is 0 Å². The molecule has 8 nitrogen and oxygen atoms in total. The molecule has 0 amide bonds. The number of alkyl halides is 3. The Labute approximate surface area is 206 Å². The molecule has 0 fully saturated rings. The highest BCUT2D eigenvalue weighted by Crippen LogP contribution is 2.39. The van der Waals surface area contributed by atoms with Crippen molar-refractivity contribution in [1.82, 2.24) is 4.98 Å². The maximum Gasteiger partial charge on any atom is 0.416 e. The number of pyridine rings is 1. The van der Waals surface area contributed by atoms with E-state index in [0.29, 0.717) is 29.0 Å². The fraction of sp³-hybridized carbons (Fsp3) is 0.250. The van der Waals surface area contributed by atoms with Gasteiger partial charge in [0.15, 0.2) is 0 Å². The van der Waals surface area contributed by atoms with E-state index in [1.165, 1.54) is 7.11 Å². The second-order valence-corrected chi connectivity index (χ2v) is 9.31. The van der Waals surface area contributed by atoms with E-state index in [1.54, 1.807) is 43.3 Å². The number of aliphatic carboxylic acids is 1. The molecule has 0 radical (unpaired) electrons. The second-order valence-electron chi connectivity index (χ2n) is 7.45. The Balaban J connectivity index is 0.000000658. The van der Waals surface area contributed by atoms with Gasteiger partial charge in [-0.25, -0.2) is 13.4 Å². The van der Waals surface area contributed by atoms with E-state index in [2.05, 4.69) is 4.98 Å². The standard InChI is InChI=1S/C21H17F3N2O4S.C3H6O2/c1-29-20-7-3-6-17(25-20)14-8-9-19-18(12-14)26(10-11-30-19)31(27,28)16-5-2-4-15(13-16)21(22,23)24;1-2-3(4)5/h2-9,12-13H,10-11H2,1H3;2H2,1H3,(H,4,5). The molecule has 1 N–H and O–H groups in total. The highest BCUT2D eigenvalue weighted by molar-refractivity contribution is 7.92. The van der Waals surface area contributed by atoms with Gasteiger partial charge in [0.1, 0.15) is 12.4 Å². The van der Waals surface area contributed by atoms with Crippen LogP contribution >= 0.6 is 0 Å². The number of aromatic nitrogens is 1. The second kappa shape index (κ2) is 10.9. The Morgan fingerprint density at radius 3 is 2.47 bits per heavy atom. The normalized spacial score (nSPS) is 13.1. The Morgan fingerprint density at radius 1 is 1.14 bits per heavy atom. The number of nitrogens with zero attached hydrogens (tertiary/aromatic N) is 2. The number of carbonyl (C=O) groups is 1. The van der Waals surface area contributed by atoms with Gasteiger partial charge in [-0.05, 0) is 42.5 Å². The number of halogens is 3. The number of rotatable bonds is 5. The summed E-state index contributed by atoms with van der Waals surface area (Å²) in [4.78, 5) is 13.3. The van der Waals surface area contributed by atoms with Crippen LogP contribution in [-0.4, -0.2) is 44.7 Å². The van der Waals surface area contributed by atoms with Crippen molar-refractivity contribution in [2.24, 2.45) is 0 Å². The SMILES string of the molecule is CCC(=O)O.COc1cccc(-c2ccc3c(c2)N(S(=O)(=O)c2cccc(C(F)(F)F)c2)CCO3)n1. The molecule has 3 aromatic rings. The number of sulfonamides is 1. The third kappa shape index (κ3) is 6.06. The minimum atomic E-state index is -4.65. The lowest BCUT2D eigenvalue weighted by atomic mass is 10.1. The van der Waals surface area contributed by atoms with Gasteiger partial charge in [0.25, 0.3) is 10.0 Å². The maximum atomic E-state index is 13.2.